The third-order valence-corrected chi connectivity index (χ3v) is 4.28. The van der Waals surface area contributed by atoms with E-state index in [9.17, 15) is 27.2 Å². The minimum atomic E-state index is -4.79. The van der Waals surface area contributed by atoms with Crippen LogP contribution < -0.4 is 5.56 Å². The van der Waals surface area contributed by atoms with E-state index >= 15 is 0 Å². The van der Waals surface area contributed by atoms with E-state index < -0.39 is 40.2 Å². The van der Waals surface area contributed by atoms with E-state index in [1.54, 1.807) is 20.8 Å². The van der Waals surface area contributed by atoms with E-state index in [-0.39, 0.29) is 23.5 Å². The Labute approximate surface area is 153 Å². The fourth-order valence-electron chi connectivity index (χ4n) is 2.91. The fraction of sp³-hybridized carbons (Fsp3) is 0.421. The number of nitrogens with one attached hydrogen (secondary N) is 1. The Morgan fingerprint density at radius 3 is 2.30 bits per heavy atom. The minimum Gasteiger partial charge on any atom is -0.311 e. The second-order valence-corrected chi connectivity index (χ2v) is 7.50. The molecule has 27 heavy (non-hydrogen) atoms. The summed E-state index contributed by atoms with van der Waals surface area (Å²) in [5.41, 5.74) is -2.12. The number of H-pyrrole nitrogens is 1. The average molecular weight is 384 g/mol. The lowest BCUT2D eigenvalue weighted by Crippen LogP contribution is -2.24. The molecule has 0 aliphatic rings. The number of halogens is 4. The van der Waals surface area contributed by atoms with Gasteiger partial charge in [-0.1, -0.05) is 26.8 Å². The maximum absolute atomic E-state index is 14.0. The van der Waals surface area contributed by atoms with E-state index in [0.717, 1.165) is 12.1 Å². The number of ketones is 1. The minimum absolute atomic E-state index is 0.0297. The van der Waals surface area contributed by atoms with Crippen molar-refractivity contribution in [2.75, 3.05) is 0 Å². The number of carbonyl (C=O) groups excluding carboxylic acids is 1. The molecular weight excluding hydrogens is 364 g/mol. The number of aromatic nitrogens is 2. The molecule has 0 fully saturated rings. The van der Waals surface area contributed by atoms with Gasteiger partial charge in [-0.3, -0.25) is 9.59 Å². The number of nitrogens with zero attached hydrogens (tertiary/aromatic N) is 1. The van der Waals surface area contributed by atoms with Gasteiger partial charge in [0, 0.05) is 12.5 Å². The van der Waals surface area contributed by atoms with Crippen LogP contribution in [-0.2, 0) is 6.18 Å². The Morgan fingerprint density at radius 2 is 1.81 bits per heavy atom. The lowest BCUT2D eigenvalue weighted by atomic mass is 9.73. The summed E-state index contributed by atoms with van der Waals surface area (Å²) in [6.07, 6.45) is -4.91. The van der Waals surface area contributed by atoms with Crippen molar-refractivity contribution >= 4 is 5.78 Å². The van der Waals surface area contributed by atoms with Crippen LogP contribution >= 0.6 is 0 Å². The van der Waals surface area contributed by atoms with E-state index in [2.05, 4.69) is 9.97 Å². The molecule has 0 amide bonds. The van der Waals surface area contributed by atoms with Crippen molar-refractivity contribution in [3.63, 3.8) is 0 Å². The quantitative estimate of drug-likeness (QED) is 0.617. The van der Waals surface area contributed by atoms with Gasteiger partial charge in [0.05, 0.1) is 5.56 Å². The molecule has 0 unspecified atom stereocenters. The summed E-state index contributed by atoms with van der Waals surface area (Å²) in [4.78, 5) is 30.6. The van der Waals surface area contributed by atoms with Gasteiger partial charge in [0.15, 0.2) is 5.78 Å². The molecule has 0 bridgehead atoms. The number of alkyl halides is 3. The Hall–Kier alpha value is -2.51. The molecule has 1 aromatic heterocycles. The molecule has 0 radical (unpaired) electrons. The van der Waals surface area contributed by atoms with Gasteiger partial charge in [-0.2, -0.15) is 13.2 Å². The number of rotatable bonds is 4. The number of Topliss-reactive ketones (excluding diaryl/α,β-unsaturated/α-hetero) is 1. The molecule has 0 saturated heterocycles. The van der Waals surface area contributed by atoms with Crippen molar-refractivity contribution < 1.29 is 22.4 Å². The van der Waals surface area contributed by atoms with Crippen molar-refractivity contribution in [3.8, 4) is 0 Å². The highest BCUT2D eigenvalue weighted by atomic mass is 19.4. The average Bonchev–Trinajstić information content (AvgIpc) is 2.48. The molecule has 2 aromatic rings. The van der Waals surface area contributed by atoms with Crippen molar-refractivity contribution in [1.29, 1.82) is 0 Å². The number of carbonyl (C=O) groups is 1. The van der Waals surface area contributed by atoms with E-state index in [1.165, 1.54) is 13.0 Å². The monoisotopic (exact) mass is 384 g/mol. The van der Waals surface area contributed by atoms with Crippen LogP contribution in [0.4, 0.5) is 17.6 Å². The third-order valence-electron chi connectivity index (χ3n) is 4.28. The highest BCUT2D eigenvalue weighted by Gasteiger charge is 2.36. The SMILES string of the molecule is Cc1nc(C(=O)C[C@@H](c2ccc(C(F)(F)F)c(F)c2)C(C)(C)C)cc(=O)[nH]1. The maximum Gasteiger partial charge on any atom is 0.419 e. The molecule has 0 aliphatic carbocycles. The Morgan fingerprint density at radius 1 is 1.19 bits per heavy atom. The number of aromatic amines is 1. The van der Waals surface area contributed by atoms with Crippen LogP contribution in [-0.4, -0.2) is 15.8 Å². The molecule has 1 N–H and O–H groups in total. The highest BCUT2D eigenvalue weighted by Crippen LogP contribution is 2.40. The van der Waals surface area contributed by atoms with Gasteiger partial charge >= 0.3 is 6.18 Å². The second-order valence-electron chi connectivity index (χ2n) is 7.50. The topological polar surface area (TPSA) is 62.8 Å². The summed E-state index contributed by atoms with van der Waals surface area (Å²) in [7, 11) is 0. The molecule has 1 heterocycles. The van der Waals surface area contributed by atoms with Crippen molar-refractivity contribution in [2.45, 2.75) is 46.2 Å². The predicted molar refractivity (Wildman–Crippen MR) is 92.1 cm³/mol. The Kier molecular flexibility index (Phi) is 5.58. The van der Waals surface area contributed by atoms with Gasteiger partial charge in [0.2, 0.25) is 0 Å². The largest absolute Gasteiger partial charge is 0.419 e. The number of aryl methyl sites for hydroxylation is 1. The molecule has 146 valence electrons. The Bertz CT molecular complexity index is 911. The molecule has 1 atom stereocenters. The number of hydrogen-bond acceptors (Lipinski definition) is 3. The smallest absolute Gasteiger partial charge is 0.311 e. The van der Waals surface area contributed by atoms with Crippen LogP contribution in [0, 0.1) is 18.2 Å². The highest BCUT2D eigenvalue weighted by molar-refractivity contribution is 5.94. The van der Waals surface area contributed by atoms with Crippen LogP contribution in [0.5, 0.6) is 0 Å². The van der Waals surface area contributed by atoms with Gasteiger partial charge in [-0.05, 0) is 36.0 Å². The van der Waals surface area contributed by atoms with Crippen LogP contribution in [0.2, 0.25) is 0 Å². The van der Waals surface area contributed by atoms with E-state index in [0.29, 0.717) is 6.07 Å². The van der Waals surface area contributed by atoms with Crippen LogP contribution in [0.15, 0.2) is 29.1 Å². The first-order chi connectivity index (χ1) is 12.3. The molecule has 1 aromatic carbocycles. The lowest BCUT2D eigenvalue weighted by Gasteiger charge is -2.31. The van der Waals surface area contributed by atoms with Crippen LogP contribution in [0.25, 0.3) is 0 Å². The first-order valence-electron chi connectivity index (χ1n) is 8.27. The number of hydrogen-bond donors (Lipinski definition) is 1. The molecule has 4 nitrogen and oxygen atoms in total. The summed E-state index contributed by atoms with van der Waals surface area (Å²) in [5, 5.41) is 0. The zero-order valence-corrected chi connectivity index (χ0v) is 15.4. The molecule has 2 rings (SSSR count). The second kappa shape index (κ2) is 7.25. The van der Waals surface area contributed by atoms with Crippen LogP contribution in [0.1, 0.15) is 60.5 Å². The molecule has 0 spiro atoms. The van der Waals surface area contributed by atoms with Crippen molar-refractivity contribution in [3.05, 3.63) is 63.1 Å². The first-order valence-corrected chi connectivity index (χ1v) is 8.27. The molecule has 0 aliphatic heterocycles. The van der Waals surface area contributed by atoms with Gasteiger partial charge in [-0.15, -0.1) is 0 Å². The fourth-order valence-corrected chi connectivity index (χ4v) is 2.91. The molecule has 8 heteroatoms. The summed E-state index contributed by atoms with van der Waals surface area (Å²) in [5.74, 6) is -2.11. The summed E-state index contributed by atoms with van der Waals surface area (Å²) < 4.78 is 52.4. The first kappa shape index (κ1) is 20.8. The molecular formula is C19H20F4N2O2. The standard InChI is InChI=1S/C19H20F4N2O2/c1-10-24-15(9-17(27)25-10)16(26)8-13(18(2,3)4)11-5-6-12(14(20)7-11)19(21,22)23/h5-7,9,13H,8H2,1-4H3,(H,24,25,27)/t13-/m0/s1. The third kappa shape index (κ3) is 5.02. The zero-order chi connectivity index (χ0) is 20.6. The Balaban J connectivity index is 2.41. The maximum atomic E-state index is 14.0. The van der Waals surface area contributed by atoms with Crippen LogP contribution in [0.3, 0.4) is 0 Å². The predicted octanol–water partition coefficient (Wildman–Crippen LogP) is 4.64. The van der Waals surface area contributed by atoms with Gasteiger partial charge < -0.3 is 4.98 Å². The van der Waals surface area contributed by atoms with Crippen molar-refractivity contribution in [1.82, 2.24) is 9.97 Å². The van der Waals surface area contributed by atoms with Gasteiger partial charge in [0.25, 0.3) is 5.56 Å². The molecule has 0 saturated carbocycles. The van der Waals surface area contributed by atoms with E-state index in [4.69, 9.17) is 0 Å². The zero-order valence-electron chi connectivity index (χ0n) is 15.4. The summed E-state index contributed by atoms with van der Waals surface area (Å²) in [6, 6.07) is 3.76. The van der Waals surface area contributed by atoms with Gasteiger partial charge in [0.1, 0.15) is 17.3 Å². The summed E-state index contributed by atoms with van der Waals surface area (Å²) >= 11 is 0. The normalized spacial score (nSPS) is 13.5. The lowest BCUT2D eigenvalue weighted by molar-refractivity contribution is -0.140. The van der Waals surface area contributed by atoms with Gasteiger partial charge in [-0.25, -0.2) is 9.37 Å². The van der Waals surface area contributed by atoms with Crippen molar-refractivity contribution in [2.24, 2.45) is 5.41 Å². The number of benzene rings is 1. The summed E-state index contributed by atoms with van der Waals surface area (Å²) in [6.45, 7) is 6.94. The van der Waals surface area contributed by atoms with E-state index in [1.807, 2.05) is 0 Å².